The van der Waals surface area contributed by atoms with Crippen molar-refractivity contribution < 1.29 is 14.4 Å². The Morgan fingerprint density at radius 2 is 1.72 bits per heavy atom. The van der Waals surface area contributed by atoms with E-state index in [9.17, 15) is 14.4 Å². The summed E-state index contributed by atoms with van der Waals surface area (Å²) < 4.78 is 0. The summed E-state index contributed by atoms with van der Waals surface area (Å²) in [4.78, 5) is 38.1. The molecule has 1 heterocycles. The first kappa shape index (κ1) is 22.6. The zero-order valence-electron chi connectivity index (χ0n) is 17.8. The van der Waals surface area contributed by atoms with Crippen molar-refractivity contribution in [1.82, 2.24) is 5.32 Å². The zero-order chi connectivity index (χ0) is 21.8. The van der Waals surface area contributed by atoms with Gasteiger partial charge in [-0.05, 0) is 44.0 Å². The Morgan fingerprint density at radius 3 is 2.34 bits per heavy atom. The first-order valence-electron chi connectivity index (χ1n) is 9.66. The molecule has 1 unspecified atom stereocenters. The molecule has 0 radical (unpaired) electrons. The van der Waals surface area contributed by atoms with E-state index in [2.05, 4.69) is 16.0 Å². The van der Waals surface area contributed by atoms with Gasteiger partial charge < -0.3 is 16.0 Å². The number of benzene rings is 1. The molecule has 0 aliphatic heterocycles. The van der Waals surface area contributed by atoms with Crippen molar-refractivity contribution in [3.63, 3.8) is 0 Å². The lowest BCUT2D eigenvalue weighted by molar-refractivity contribution is -0.123. The summed E-state index contributed by atoms with van der Waals surface area (Å²) in [6.07, 6.45) is 0.817. The van der Waals surface area contributed by atoms with Gasteiger partial charge in [-0.15, -0.1) is 11.3 Å². The molecule has 3 amide bonds. The third-order valence-corrected chi connectivity index (χ3v) is 5.60. The van der Waals surface area contributed by atoms with Gasteiger partial charge in [0.15, 0.2) is 0 Å². The van der Waals surface area contributed by atoms with Gasteiger partial charge in [0.1, 0.15) is 0 Å². The molecule has 0 saturated carbocycles. The second-order valence-corrected chi connectivity index (χ2v) is 9.16. The van der Waals surface area contributed by atoms with Crippen LogP contribution in [0.5, 0.6) is 0 Å². The van der Waals surface area contributed by atoms with Crippen molar-refractivity contribution in [3.05, 3.63) is 46.3 Å². The van der Waals surface area contributed by atoms with Crippen molar-refractivity contribution in [3.8, 4) is 0 Å². The van der Waals surface area contributed by atoms with E-state index in [-0.39, 0.29) is 23.8 Å². The molecule has 3 N–H and O–H groups in total. The maximum atomic E-state index is 12.8. The number of carbonyl (C=O) groups is 3. The van der Waals surface area contributed by atoms with Gasteiger partial charge in [-0.2, -0.15) is 0 Å². The molecule has 7 heteroatoms. The van der Waals surface area contributed by atoms with Gasteiger partial charge in [-0.3, -0.25) is 14.4 Å². The number of aryl methyl sites for hydroxylation is 1. The summed E-state index contributed by atoms with van der Waals surface area (Å²) in [5, 5.41) is 9.23. The van der Waals surface area contributed by atoms with Gasteiger partial charge in [0, 0.05) is 11.5 Å². The number of hydrogen-bond donors (Lipinski definition) is 3. The molecule has 0 fully saturated rings. The fourth-order valence-corrected chi connectivity index (χ4v) is 3.40. The van der Waals surface area contributed by atoms with Crippen LogP contribution in [0.4, 0.5) is 10.7 Å². The molecule has 0 saturated heterocycles. The average Bonchev–Trinajstić information content (AvgIpc) is 3.01. The van der Waals surface area contributed by atoms with Crippen LogP contribution < -0.4 is 16.0 Å². The van der Waals surface area contributed by atoms with Gasteiger partial charge in [0.25, 0.3) is 11.8 Å². The average molecular weight is 416 g/mol. The van der Waals surface area contributed by atoms with E-state index in [1.54, 1.807) is 30.3 Å². The van der Waals surface area contributed by atoms with E-state index in [0.717, 1.165) is 12.0 Å². The molecule has 1 aromatic carbocycles. The Kier molecular flexibility index (Phi) is 7.19. The Balaban J connectivity index is 2.19. The molecule has 0 spiro atoms. The number of hydrogen-bond acceptors (Lipinski definition) is 4. The number of amides is 3. The van der Waals surface area contributed by atoms with Gasteiger partial charge in [-0.25, -0.2) is 0 Å². The quantitative estimate of drug-likeness (QED) is 0.632. The minimum absolute atomic E-state index is 0.0415. The number of para-hydroxylation sites is 1. The van der Waals surface area contributed by atoms with Crippen LogP contribution in [0.2, 0.25) is 0 Å². The summed E-state index contributed by atoms with van der Waals surface area (Å²) in [6, 6.07) is 8.74. The zero-order valence-corrected chi connectivity index (χ0v) is 18.6. The van der Waals surface area contributed by atoms with E-state index in [1.165, 1.54) is 11.3 Å². The highest BCUT2D eigenvalue weighted by atomic mass is 32.1. The fraction of sp³-hybridized carbons (Fsp3) is 0.409. The molecule has 0 aliphatic carbocycles. The SMILES string of the molecule is CCC(C)NC(=O)c1ccccc1NC(=O)c1sc(NC(=O)C(C)(C)C)cc1C. The molecule has 2 rings (SSSR count). The highest BCUT2D eigenvalue weighted by molar-refractivity contribution is 7.18. The smallest absolute Gasteiger partial charge is 0.266 e. The normalized spacial score (nSPS) is 12.2. The van der Waals surface area contributed by atoms with E-state index in [0.29, 0.717) is 21.1 Å². The number of rotatable bonds is 6. The van der Waals surface area contributed by atoms with Crippen molar-refractivity contribution >= 4 is 39.7 Å². The molecule has 1 aromatic heterocycles. The molecule has 156 valence electrons. The first-order valence-corrected chi connectivity index (χ1v) is 10.5. The summed E-state index contributed by atoms with van der Waals surface area (Å²) in [5.74, 6) is -0.651. The molecule has 2 aromatic rings. The first-order chi connectivity index (χ1) is 13.5. The van der Waals surface area contributed by atoms with E-state index in [4.69, 9.17) is 0 Å². The van der Waals surface area contributed by atoms with Crippen molar-refractivity contribution in [2.75, 3.05) is 10.6 Å². The van der Waals surface area contributed by atoms with Crippen LogP contribution in [0.25, 0.3) is 0 Å². The second-order valence-electron chi connectivity index (χ2n) is 8.11. The molecule has 6 nitrogen and oxygen atoms in total. The van der Waals surface area contributed by atoms with Crippen LogP contribution in [0, 0.1) is 12.3 Å². The lowest BCUT2D eigenvalue weighted by atomic mass is 9.96. The molecule has 1 atom stereocenters. The van der Waals surface area contributed by atoms with Crippen LogP contribution >= 0.6 is 11.3 Å². The van der Waals surface area contributed by atoms with Crippen LogP contribution in [-0.4, -0.2) is 23.8 Å². The van der Waals surface area contributed by atoms with Crippen LogP contribution in [0.3, 0.4) is 0 Å². The van der Waals surface area contributed by atoms with Crippen molar-refractivity contribution in [2.24, 2.45) is 5.41 Å². The summed E-state index contributed by atoms with van der Waals surface area (Å²) in [6.45, 7) is 11.2. The van der Waals surface area contributed by atoms with Crippen LogP contribution in [0.15, 0.2) is 30.3 Å². The summed E-state index contributed by atoms with van der Waals surface area (Å²) in [5.41, 5.74) is 1.10. The molecule has 0 bridgehead atoms. The number of nitrogens with one attached hydrogen (secondary N) is 3. The van der Waals surface area contributed by atoms with Crippen LogP contribution in [-0.2, 0) is 4.79 Å². The topological polar surface area (TPSA) is 87.3 Å². The van der Waals surface area contributed by atoms with E-state index < -0.39 is 5.41 Å². The van der Waals surface area contributed by atoms with Gasteiger partial charge in [0.2, 0.25) is 5.91 Å². The number of anilines is 2. The second kappa shape index (κ2) is 9.22. The lowest BCUT2D eigenvalue weighted by Gasteiger charge is -2.16. The maximum Gasteiger partial charge on any atom is 0.266 e. The monoisotopic (exact) mass is 415 g/mol. The molecule has 29 heavy (non-hydrogen) atoms. The largest absolute Gasteiger partial charge is 0.350 e. The highest BCUT2D eigenvalue weighted by Crippen LogP contribution is 2.29. The van der Waals surface area contributed by atoms with E-state index >= 15 is 0 Å². The minimum Gasteiger partial charge on any atom is -0.350 e. The third-order valence-electron chi connectivity index (χ3n) is 4.45. The predicted molar refractivity (Wildman–Crippen MR) is 119 cm³/mol. The Morgan fingerprint density at radius 1 is 1.07 bits per heavy atom. The highest BCUT2D eigenvalue weighted by Gasteiger charge is 2.23. The summed E-state index contributed by atoms with van der Waals surface area (Å²) >= 11 is 1.22. The maximum absolute atomic E-state index is 12.8. The van der Waals surface area contributed by atoms with Gasteiger partial charge in [0.05, 0.1) is 21.1 Å². The standard InChI is InChI=1S/C22H29N3O3S/c1-7-14(3)23-19(26)15-10-8-9-11-16(15)24-20(27)18-13(2)12-17(29-18)25-21(28)22(4,5)6/h8-12,14H,7H2,1-6H3,(H,23,26)(H,24,27)(H,25,28). The Labute approximate surface area is 176 Å². The van der Waals surface area contributed by atoms with E-state index in [1.807, 2.05) is 41.5 Å². The molecule has 0 aliphatic rings. The Hall–Kier alpha value is -2.67. The fourth-order valence-electron chi connectivity index (χ4n) is 2.44. The van der Waals surface area contributed by atoms with Gasteiger partial charge >= 0.3 is 0 Å². The van der Waals surface area contributed by atoms with Crippen molar-refractivity contribution in [2.45, 2.75) is 54.0 Å². The molecular formula is C22H29N3O3S. The predicted octanol–water partition coefficient (Wildman–Crippen LogP) is 4.82. The third kappa shape index (κ3) is 5.90. The molecular weight excluding hydrogens is 386 g/mol. The Bertz CT molecular complexity index is 912. The van der Waals surface area contributed by atoms with Crippen molar-refractivity contribution in [1.29, 1.82) is 0 Å². The minimum atomic E-state index is -0.526. The summed E-state index contributed by atoms with van der Waals surface area (Å²) in [7, 11) is 0. The van der Waals surface area contributed by atoms with Gasteiger partial charge in [-0.1, -0.05) is 39.8 Å². The van der Waals surface area contributed by atoms with Crippen LogP contribution in [0.1, 0.15) is 66.6 Å². The lowest BCUT2D eigenvalue weighted by Crippen LogP contribution is -2.32. The number of carbonyl (C=O) groups excluding carboxylic acids is 3. The number of thiophene rings is 1.